The van der Waals surface area contributed by atoms with Crippen LogP contribution in [0.1, 0.15) is 35.9 Å². The van der Waals surface area contributed by atoms with Crippen LogP contribution in [0.3, 0.4) is 0 Å². The monoisotopic (exact) mass is 430 g/mol. The number of nitrogens with one attached hydrogen (secondary N) is 1. The Kier molecular flexibility index (Phi) is 5.38. The first kappa shape index (κ1) is 20.6. The van der Waals surface area contributed by atoms with Crippen LogP contribution in [0.4, 0.5) is 10.1 Å². The number of amides is 1. The van der Waals surface area contributed by atoms with Crippen molar-refractivity contribution in [3.8, 4) is 11.3 Å². The topological polar surface area (TPSA) is 71.8 Å². The van der Waals surface area contributed by atoms with Crippen molar-refractivity contribution in [1.29, 1.82) is 0 Å². The molecule has 0 aliphatic carbocycles. The highest BCUT2D eigenvalue weighted by Gasteiger charge is 2.30. The lowest BCUT2D eigenvalue weighted by molar-refractivity contribution is 0.0175. The van der Waals surface area contributed by atoms with Gasteiger partial charge in [0.05, 0.1) is 30.0 Å². The Labute approximate surface area is 176 Å². The highest BCUT2D eigenvalue weighted by molar-refractivity contribution is 7.85. The summed E-state index contributed by atoms with van der Waals surface area (Å²) in [5.74, 6) is -0.320. The minimum atomic E-state index is -1.26. The third kappa shape index (κ3) is 3.50. The highest BCUT2D eigenvalue weighted by atomic mass is 32.2. The molecule has 0 spiro atoms. The van der Waals surface area contributed by atoms with Crippen molar-refractivity contribution >= 4 is 33.5 Å². The summed E-state index contributed by atoms with van der Waals surface area (Å²) >= 11 is 0. The van der Waals surface area contributed by atoms with E-state index in [9.17, 15) is 13.4 Å². The van der Waals surface area contributed by atoms with Gasteiger partial charge in [0.25, 0.3) is 5.91 Å². The average Bonchev–Trinajstić information content (AvgIpc) is 3.03. The Balaban J connectivity index is 2.00. The van der Waals surface area contributed by atoms with Gasteiger partial charge in [-0.05, 0) is 44.2 Å². The lowest BCUT2D eigenvalue weighted by Gasteiger charge is -2.22. The van der Waals surface area contributed by atoms with Gasteiger partial charge < -0.3 is 14.5 Å². The summed E-state index contributed by atoms with van der Waals surface area (Å²) in [5, 5.41) is 3.28. The third-order valence-electron chi connectivity index (χ3n) is 5.27. The van der Waals surface area contributed by atoms with Gasteiger partial charge in [0, 0.05) is 35.9 Å². The van der Waals surface area contributed by atoms with Crippen molar-refractivity contribution in [2.75, 3.05) is 24.2 Å². The summed E-state index contributed by atoms with van der Waals surface area (Å²) in [6.45, 7) is 4.35. The van der Waals surface area contributed by atoms with Crippen LogP contribution in [0.2, 0.25) is 0 Å². The van der Waals surface area contributed by atoms with E-state index < -0.39 is 11.0 Å². The van der Waals surface area contributed by atoms with Gasteiger partial charge >= 0.3 is 0 Å². The number of ether oxygens (including phenoxy) is 1. The first-order chi connectivity index (χ1) is 14.3. The SMILES string of the molecule is CNC(=O)c1c(-c2ccc(F)cc2)oc2cc3c(cc12)[C@@H](C)O[C@@H](C)CN3S(C)=O. The van der Waals surface area contributed by atoms with Crippen molar-refractivity contribution in [1.82, 2.24) is 5.32 Å². The summed E-state index contributed by atoms with van der Waals surface area (Å²) in [6, 6.07) is 9.48. The number of carbonyl (C=O) groups is 1. The van der Waals surface area contributed by atoms with Crippen molar-refractivity contribution in [3.63, 3.8) is 0 Å². The molecule has 4 rings (SSSR count). The molecule has 1 aromatic heterocycles. The standard InChI is InChI=1S/C22H23FN2O4S/c1-12-11-25(30(4)27)18-10-19-17(9-16(18)13(2)28-12)20(22(26)24-3)21(29-19)14-5-7-15(23)8-6-14/h5-10,12-13H,11H2,1-4H3,(H,24,26)/t12-,13+,30?/m0/s1. The molecule has 1 aliphatic heterocycles. The van der Waals surface area contributed by atoms with Crippen LogP contribution < -0.4 is 9.62 Å². The quantitative estimate of drug-likeness (QED) is 0.677. The number of hydrogen-bond acceptors (Lipinski definition) is 4. The zero-order valence-corrected chi connectivity index (χ0v) is 18.0. The summed E-state index contributed by atoms with van der Waals surface area (Å²) < 4.78 is 39.8. The fourth-order valence-electron chi connectivity index (χ4n) is 3.89. The van der Waals surface area contributed by atoms with Crippen molar-refractivity contribution in [3.05, 3.63) is 53.3 Å². The van der Waals surface area contributed by atoms with E-state index in [-0.39, 0.29) is 23.9 Å². The number of fused-ring (bicyclic) bond motifs is 2. The van der Waals surface area contributed by atoms with Crippen LogP contribution in [0.25, 0.3) is 22.3 Å². The first-order valence-electron chi connectivity index (χ1n) is 9.65. The van der Waals surface area contributed by atoms with E-state index >= 15 is 0 Å². The van der Waals surface area contributed by atoms with Crippen LogP contribution in [0, 0.1) is 5.82 Å². The second-order valence-electron chi connectivity index (χ2n) is 7.37. The average molecular weight is 431 g/mol. The molecule has 30 heavy (non-hydrogen) atoms. The number of benzene rings is 2. The van der Waals surface area contributed by atoms with Gasteiger partial charge in [0.1, 0.15) is 28.1 Å². The van der Waals surface area contributed by atoms with Gasteiger partial charge in [-0.2, -0.15) is 0 Å². The van der Waals surface area contributed by atoms with Crippen LogP contribution in [-0.4, -0.2) is 36.1 Å². The molecule has 0 fully saturated rings. The van der Waals surface area contributed by atoms with Gasteiger partial charge in [-0.3, -0.25) is 9.10 Å². The summed E-state index contributed by atoms with van der Waals surface area (Å²) in [7, 11) is 0.290. The molecule has 2 heterocycles. The molecule has 2 aromatic carbocycles. The molecule has 3 atom stereocenters. The molecule has 0 radical (unpaired) electrons. The van der Waals surface area contributed by atoms with E-state index in [1.807, 2.05) is 26.0 Å². The lowest BCUT2D eigenvalue weighted by Crippen LogP contribution is -2.31. The predicted molar refractivity (Wildman–Crippen MR) is 115 cm³/mol. The molecule has 158 valence electrons. The Morgan fingerprint density at radius 3 is 2.57 bits per heavy atom. The van der Waals surface area contributed by atoms with Crippen LogP contribution in [0.15, 0.2) is 40.8 Å². The predicted octanol–water partition coefficient (Wildman–Crippen LogP) is 4.18. The molecule has 1 aliphatic rings. The number of furan rings is 1. The Morgan fingerprint density at radius 2 is 1.93 bits per heavy atom. The van der Waals surface area contributed by atoms with E-state index in [1.54, 1.807) is 29.7 Å². The Morgan fingerprint density at radius 1 is 1.23 bits per heavy atom. The Bertz CT molecular complexity index is 1140. The molecule has 0 saturated heterocycles. The number of halogens is 1. The van der Waals surface area contributed by atoms with Crippen LogP contribution in [0.5, 0.6) is 0 Å². The van der Waals surface area contributed by atoms with Crippen molar-refractivity contribution < 1.29 is 22.5 Å². The molecule has 0 saturated carbocycles. The van der Waals surface area contributed by atoms with Gasteiger partial charge in [-0.25, -0.2) is 8.60 Å². The van der Waals surface area contributed by atoms with Crippen LogP contribution in [-0.2, 0) is 15.7 Å². The molecule has 1 N–H and O–H groups in total. The van der Waals surface area contributed by atoms with E-state index in [2.05, 4.69) is 5.32 Å². The summed E-state index contributed by atoms with van der Waals surface area (Å²) in [6.07, 6.45) is 1.25. The number of hydrogen-bond donors (Lipinski definition) is 1. The normalized spacial score (nSPS) is 20.0. The summed E-state index contributed by atoms with van der Waals surface area (Å²) in [5.41, 5.74) is 3.04. The smallest absolute Gasteiger partial charge is 0.255 e. The molecule has 1 unspecified atom stereocenters. The molecular formula is C22H23FN2O4S. The van der Waals surface area contributed by atoms with Gasteiger partial charge in [-0.15, -0.1) is 0 Å². The molecule has 0 bridgehead atoms. The number of carbonyl (C=O) groups excluding carboxylic acids is 1. The summed E-state index contributed by atoms with van der Waals surface area (Å²) in [4.78, 5) is 12.8. The zero-order valence-electron chi connectivity index (χ0n) is 17.2. The molecule has 8 heteroatoms. The maximum Gasteiger partial charge on any atom is 0.255 e. The first-order valence-corrected chi connectivity index (χ1v) is 11.2. The zero-order chi connectivity index (χ0) is 21.6. The van der Waals surface area contributed by atoms with Gasteiger partial charge in [-0.1, -0.05) is 0 Å². The molecular weight excluding hydrogens is 407 g/mol. The van der Waals surface area contributed by atoms with Gasteiger partial charge in [0.2, 0.25) is 0 Å². The van der Waals surface area contributed by atoms with Crippen molar-refractivity contribution in [2.24, 2.45) is 0 Å². The van der Waals surface area contributed by atoms with Gasteiger partial charge in [0.15, 0.2) is 0 Å². The maximum absolute atomic E-state index is 13.4. The van der Waals surface area contributed by atoms with E-state index in [1.165, 1.54) is 12.1 Å². The minimum Gasteiger partial charge on any atom is -0.455 e. The molecule has 3 aromatic rings. The second kappa shape index (κ2) is 7.85. The fourth-order valence-corrected chi connectivity index (χ4v) is 4.74. The molecule has 6 nitrogen and oxygen atoms in total. The van der Waals surface area contributed by atoms with Crippen LogP contribution >= 0.6 is 0 Å². The lowest BCUT2D eigenvalue weighted by atomic mass is 10.0. The largest absolute Gasteiger partial charge is 0.455 e. The third-order valence-corrected chi connectivity index (χ3v) is 6.24. The molecule has 1 amide bonds. The Hall–Kier alpha value is -2.71. The highest BCUT2D eigenvalue weighted by Crippen LogP contribution is 2.41. The maximum atomic E-state index is 13.4. The van der Waals surface area contributed by atoms with E-state index in [0.29, 0.717) is 34.4 Å². The number of rotatable bonds is 3. The second-order valence-corrected chi connectivity index (χ2v) is 8.66. The number of anilines is 1. The van der Waals surface area contributed by atoms with E-state index in [0.717, 1.165) is 11.3 Å². The number of nitrogens with zero attached hydrogens (tertiary/aromatic N) is 1. The van der Waals surface area contributed by atoms with Crippen molar-refractivity contribution in [2.45, 2.75) is 26.1 Å². The van der Waals surface area contributed by atoms with E-state index in [4.69, 9.17) is 9.15 Å². The minimum absolute atomic E-state index is 0.115. The fraction of sp³-hybridized carbons (Fsp3) is 0.318.